The number of rotatable bonds is 4. The number of hydrogen-bond acceptors (Lipinski definition) is 5. The van der Waals surface area contributed by atoms with E-state index < -0.39 is 5.97 Å². The Balaban J connectivity index is 0.00000243. The first-order valence-corrected chi connectivity index (χ1v) is 8.13. The molecule has 1 heterocycles. The number of hydrogen-bond donors (Lipinski definition) is 1. The fourth-order valence-corrected chi connectivity index (χ4v) is 3.22. The van der Waals surface area contributed by atoms with Crippen LogP contribution in [0.5, 0.6) is 0 Å². The van der Waals surface area contributed by atoms with Crippen LogP contribution in [0.1, 0.15) is 21.8 Å². The average Bonchev–Trinajstić information content (AvgIpc) is 2.89. The first-order valence-electron chi connectivity index (χ1n) is 7.38. The Labute approximate surface area is 203 Å². The van der Waals surface area contributed by atoms with Crippen molar-refractivity contribution in [3.05, 3.63) is 63.5 Å². The molecule has 0 amide bonds. The van der Waals surface area contributed by atoms with E-state index >= 15 is 0 Å². The number of anilines is 2. The molecule has 0 aliphatic carbocycles. The van der Waals surface area contributed by atoms with Gasteiger partial charge in [0.25, 0.3) is 0 Å². The zero-order valence-corrected chi connectivity index (χ0v) is 19.0. The predicted molar refractivity (Wildman–Crippen MR) is 95.5 cm³/mol. The van der Waals surface area contributed by atoms with Crippen LogP contribution in [0.3, 0.4) is 0 Å². The van der Waals surface area contributed by atoms with E-state index in [2.05, 4.69) is 10.5 Å². The van der Waals surface area contributed by atoms with Gasteiger partial charge in [0.2, 0.25) is 0 Å². The molecular formula is C18H13Cl2KN2O3. The third-order valence-corrected chi connectivity index (χ3v) is 4.37. The number of benzene rings is 2. The van der Waals surface area contributed by atoms with Crippen molar-refractivity contribution in [2.45, 2.75) is 13.8 Å². The largest absolute Gasteiger partial charge is 1.00 e. The second-order valence-electron chi connectivity index (χ2n) is 5.47. The molecule has 26 heavy (non-hydrogen) atoms. The molecule has 2 aromatic carbocycles. The standard InChI is InChI=1S/C18H14Cl2N2O3.K/c1-9-16(10(2)25-22-9)11-7-13(19)17(14(20)8-11)21-15-6-4-3-5-12(15)18(23)24;/h3-8,21H,1-2H3,(H,23,24);/q;+1/p-1. The number of carboxylic acid groups (broad SMARTS) is 1. The Morgan fingerprint density at radius 1 is 1.15 bits per heavy atom. The van der Waals surface area contributed by atoms with E-state index in [-0.39, 0.29) is 56.9 Å². The first kappa shape index (κ1) is 21.4. The summed E-state index contributed by atoms with van der Waals surface area (Å²) in [5, 5.41) is 18.8. The number of para-hydroxylation sites is 1. The van der Waals surface area contributed by atoms with Crippen LogP contribution in [-0.2, 0) is 0 Å². The molecule has 128 valence electrons. The molecule has 5 nitrogen and oxygen atoms in total. The van der Waals surface area contributed by atoms with Gasteiger partial charge in [0.15, 0.2) is 0 Å². The molecule has 0 unspecified atom stereocenters. The zero-order chi connectivity index (χ0) is 18.1. The normalized spacial score (nSPS) is 10.3. The number of aromatic nitrogens is 1. The van der Waals surface area contributed by atoms with Gasteiger partial charge in [-0.25, -0.2) is 0 Å². The maximum atomic E-state index is 11.2. The second kappa shape index (κ2) is 8.88. The molecule has 3 aromatic rings. The third kappa shape index (κ3) is 4.34. The number of carbonyl (C=O) groups excluding carboxylic acids is 1. The third-order valence-electron chi connectivity index (χ3n) is 3.77. The van der Waals surface area contributed by atoms with E-state index in [1.165, 1.54) is 6.07 Å². The molecule has 0 radical (unpaired) electrons. The topological polar surface area (TPSA) is 78.2 Å². The molecule has 0 saturated heterocycles. The van der Waals surface area contributed by atoms with Gasteiger partial charge in [0.05, 0.1) is 27.4 Å². The van der Waals surface area contributed by atoms with Crippen LogP contribution >= 0.6 is 23.2 Å². The predicted octanol–water partition coefficient (Wildman–Crippen LogP) is 1.38. The number of nitrogens with one attached hydrogen (secondary N) is 1. The Morgan fingerprint density at radius 2 is 1.77 bits per heavy atom. The number of carbonyl (C=O) groups is 1. The van der Waals surface area contributed by atoms with E-state index in [0.29, 0.717) is 27.2 Å². The Bertz CT molecular complexity index is 930. The molecule has 1 aromatic heterocycles. The average molecular weight is 415 g/mol. The van der Waals surface area contributed by atoms with Gasteiger partial charge in [0.1, 0.15) is 5.76 Å². The van der Waals surface area contributed by atoms with E-state index in [0.717, 1.165) is 16.8 Å². The summed E-state index contributed by atoms with van der Waals surface area (Å²) in [4.78, 5) is 11.2. The minimum absolute atomic E-state index is 0. The molecule has 0 bridgehead atoms. The summed E-state index contributed by atoms with van der Waals surface area (Å²) < 4.78 is 5.17. The molecule has 0 aliphatic heterocycles. The Hall–Kier alpha value is -0.864. The van der Waals surface area contributed by atoms with Crippen LogP contribution in [-0.4, -0.2) is 11.1 Å². The van der Waals surface area contributed by atoms with Gasteiger partial charge < -0.3 is 19.7 Å². The number of aryl methyl sites for hydroxylation is 2. The quantitative estimate of drug-likeness (QED) is 0.652. The van der Waals surface area contributed by atoms with Gasteiger partial charge in [-0.15, -0.1) is 0 Å². The van der Waals surface area contributed by atoms with Crippen molar-refractivity contribution >= 4 is 40.5 Å². The van der Waals surface area contributed by atoms with E-state index in [9.17, 15) is 9.90 Å². The maximum absolute atomic E-state index is 11.2. The van der Waals surface area contributed by atoms with Crippen LogP contribution in [0.25, 0.3) is 11.1 Å². The van der Waals surface area contributed by atoms with Crippen molar-refractivity contribution in [2.75, 3.05) is 5.32 Å². The van der Waals surface area contributed by atoms with Crippen LogP contribution in [0.2, 0.25) is 10.0 Å². The van der Waals surface area contributed by atoms with Crippen molar-refractivity contribution in [1.82, 2.24) is 5.16 Å². The Morgan fingerprint density at radius 3 is 2.31 bits per heavy atom. The number of carboxylic acids is 1. The van der Waals surface area contributed by atoms with Gasteiger partial charge in [-0.3, -0.25) is 0 Å². The summed E-state index contributed by atoms with van der Waals surface area (Å²) >= 11 is 12.8. The number of aromatic carboxylic acids is 1. The van der Waals surface area contributed by atoms with Crippen LogP contribution in [0.15, 0.2) is 40.9 Å². The second-order valence-corrected chi connectivity index (χ2v) is 6.29. The van der Waals surface area contributed by atoms with E-state index in [4.69, 9.17) is 27.7 Å². The molecule has 3 rings (SSSR count). The van der Waals surface area contributed by atoms with Crippen LogP contribution in [0.4, 0.5) is 11.4 Å². The molecule has 0 fully saturated rings. The van der Waals surface area contributed by atoms with Gasteiger partial charge >= 0.3 is 51.4 Å². The fraction of sp³-hybridized carbons (Fsp3) is 0.111. The van der Waals surface area contributed by atoms with Gasteiger partial charge in [0, 0.05) is 16.8 Å². The van der Waals surface area contributed by atoms with Gasteiger partial charge in [-0.1, -0.05) is 46.6 Å². The first-order chi connectivity index (χ1) is 11.9. The minimum Gasteiger partial charge on any atom is -0.545 e. The van der Waals surface area contributed by atoms with Crippen molar-refractivity contribution in [1.29, 1.82) is 0 Å². The van der Waals surface area contributed by atoms with Crippen molar-refractivity contribution in [3.63, 3.8) is 0 Å². The van der Waals surface area contributed by atoms with Crippen molar-refractivity contribution in [2.24, 2.45) is 0 Å². The monoisotopic (exact) mass is 414 g/mol. The van der Waals surface area contributed by atoms with E-state index in [1.54, 1.807) is 37.3 Å². The molecule has 0 saturated carbocycles. The molecule has 8 heteroatoms. The summed E-state index contributed by atoms with van der Waals surface area (Å²) in [5.74, 6) is -0.629. The summed E-state index contributed by atoms with van der Waals surface area (Å²) in [6, 6.07) is 9.82. The van der Waals surface area contributed by atoms with Crippen molar-refractivity contribution < 1.29 is 65.8 Å². The molecule has 0 spiro atoms. The Kier molecular flexibility index (Phi) is 7.32. The molecular weight excluding hydrogens is 402 g/mol. The number of halogens is 2. The molecule has 0 aliphatic rings. The number of nitrogens with zero attached hydrogens (tertiary/aromatic N) is 1. The van der Waals surface area contributed by atoms with E-state index in [1.807, 2.05) is 6.92 Å². The fourth-order valence-electron chi connectivity index (χ4n) is 2.64. The molecule has 1 N–H and O–H groups in total. The molecule has 0 atom stereocenters. The minimum atomic E-state index is -1.29. The van der Waals surface area contributed by atoms with Gasteiger partial charge in [-0.05, 0) is 37.6 Å². The van der Waals surface area contributed by atoms with Crippen molar-refractivity contribution in [3.8, 4) is 11.1 Å². The zero-order valence-electron chi connectivity index (χ0n) is 14.4. The summed E-state index contributed by atoms with van der Waals surface area (Å²) in [5.41, 5.74) is 3.09. The summed E-state index contributed by atoms with van der Waals surface area (Å²) in [7, 11) is 0. The SMILES string of the molecule is Cc1noc(C)c1-c1cc(Cl)c(Nc2ccccc2C(=O)[O-])c(Cl)c1.[K+]. The summed E-state index contributed by atoms with van der Waals surface area (Å²) in [6.45, 7) is 3.63. The van der Waals surface area contributed by atoms with Gasteiger partial charge in [-0.2, -0.15) is 0 Å². The maximum Gasteiger partial charge on any atom is 1.00 e. The van der Waals surface area contributed by atoms with Crippen LogP contribution < -0.4 is 61.8 Å². The van der Waals surface area contributed by atoms with Crippen LogP contribution in [0, 0.1) is 13.8 Å². The summed E-state index contributed by atoms with van der Waals surface area (Å²) in [6.07, 6.45) is 0. The smallest absolute Gasteiger partial charge is 0.545 e.